The summed E-state index contributed by atoms with van der Waals surface area (Å²) < 4.78 is 6.81. The van der Waals surface area contributed by atoms with E-state index in [1.165, 1.54) is 11.0 Å². The van der Waals surface area contributed by atoms with E-state index in [1.807, 2.05) is 0 Å². The fourth-order valence-electron chi connectivity index (χ4n) is 2.33. The Morgan fingerprint density at radius 3 is 2.80 bits per heavy atom. The van der Waals surface area contributed by atoms with E-state index in [-0.39, 0.29) is 6.61 Å². The molecular weight excluding hydrogens is 266 g/mol. The van der Waals surface area contributed by atoms with Crippen molar-refractivity contribution in [3.63, 3.8) is 0 Å². The van der Waals surface area contributed by atoms with Crippen LogP contribution in [0.3, 0.4) is 0 Å². The van der Waals surface area contributed by atoms with Gasteiger partial charge in [-0.2, -0.15) is 5.10 Å². The van der Waals surface area contributed by atoms with Crippen molar-refractivity contribution in [2.75, 3.05) is 19.0 Å². The molecule has 3 heterocycles. The van der Waals surface area contributed by atoms with Crippen LogP contribution in [-0.2, 0) is 4.74 Å². The van der Waals surface area contributed by atoms with Crippen molar-refractivity contribution < 1.29 is 20.1 Å². The largest absolute Gasteiger partial charge is 0.394 e. The maximum Gasteiger partial charge on any atom is 0.181 e. The van der Waals surface area contributed by atoms with Gasteiger partial charge < -0.3 is 25.4 Å². The molecule has 1 saturated heterocycles. The molecule has 2 aromatic rings. The number of aliphatic hydroxyl groups excluding tert-OH is 3. The van der Waals surface area contributed by atoms with Crippen LogP contribution >= 0.6 is 0 Å². The van der Waals surface area contributed by atoms with E-state index >= 15 is 0 Å². The molecule has 0 spiro atoms. The molecular formula is C11H15N5O4. The van der Waals surface area contributed by atoms with Gasteiger partial charge in [-0.05, 0) is 0 Å². The van der Waals surface area contributed by atoms with Crippen LogP contribution in [0.15, 0.2) is 12.5 Å². The summed E-state index contributed by atoms with van der Waals surface area (Å²) in [4.78, 5) is 8.18. The Morgan fingerprint density at radius 1 is 1.35 bits per heavy atom. The Hall–Kier alpha value is -1.81. The average molecular weight is 281 g/mol. The van der Waals surface area contributed by atoms with Gasteiger partial charge in [0.2, 0.25) is 0 Å². The zero-order valence-electron chi connectivity index (χ0n) is 10.7. The third-order valence-electron chi connectivity index (χ3n) is 3.39. The van der Waals surface area contributed by atoms with E-state index in [2.05, 4.69) is 20.4 Å². The van der Waals surface area contributed by atoms with Gasteiger partial charge in [0.25, 0.3) is 0 Å². The lowest BCUT2D eigenvalue weighted by Gasteiger charge is -2.15. The highest BCUT2D eigenvalue weighted by molar-refractivity contribution is 5.85. The van der Waals surface area contributed by atoms with Crippen LogP contribution in [0.4, 0.5) is 5.82 Å². The van der Waals surface area contributed by atoms with Crippen LogP contribution in [0.5, 0.6) is 0 Å². The summed E-state index contributed by atoms with van der Waals surface area (Å²) in [6, 6.07) is 0. The fourth-order valence-corrected chi connectivity index (χ4v) is 2.33. The van der Waals surface area contributed by atoms with Crippen LogP contribution in [0.1, 0.15) is 6.23 Å². The molecule has 1 unspecified atom stereocenters. The lowest BCUT2D eigenvalue weighted by Crippen LogP contribution is -2.33. The maximum absolute atomic E-state index is 10.0. The van der Waals surface area contributed by atoms with Crippen molar-refractivity contribution in [2.45, 2.75) is 24.5 Å². The second-order valence-electron chi connectivity index (χ2n) is 4.53. The first-order valence-electron chi connectivity index (χ1n) is 6.15. The molecule has 0 aromatic carbocycles. The lowest BCUT2D eigenvalue weighted by molar-refractivity contribution is -0.0566. The number of fused-ring (bicyclic) bond motifs is 1. The smallest absolute Gasteiger partial charge is 0.181 e. The summed E-state index contributed by atoms with van der Waals surface area (Å²) >= 11 is 0. The summed E-state index contributed by atoms with van der Waals surface area (Å²) in [5, 5.41) is 36.6. The molecule has 20 heavy (non-hydrogen) atoms. The number of rotatable bonds is 3. The third kappa shape index (κ3) is 1.83. The van der Waals surface area contributed by atoms with Gasteiger partial charge in [-0.25, -0.2) is 14.6 Å². The molecule has 1 fully saturated rings. The molecule has 0 bridgehead atoms. The quantitative estimate of drug-likeness (QED) is 0.534. The van der Waals surface area contributed by atoms with E-state index < -0.39 is 24.5 Å². The average Bonchev–Trinajstić information content (AvgIpc) is 3.01. The Labute approximate surface area is 113 Å². The number of aromatic nitrogens is 4. The van der Waals surface area contributed by atoms with Crippen LogP contribution in [0.2, 0.25) is 0 Å². The highest BCUT2D eigenvalue weighted by Crippen LogP contribution is 2.31. The number of ether oxygens (including phenoxy) is 1. The van der Waals surface area contributed by atoms with E-state index in [9.17, 15) is 10.2 Å². The number of hydrogen-bond donors (Lipinski definition) is 4. The Kier molecular flexibility index (Phi) is 3.26. The Balaban J connectivity index is 2.03. The Bertz CT molecular complexity index is 618. The number of anilines is 1. The lowest BCUT2D eigenvalue weighted by atomic mass is 10.1. The SMILES string of the molecule is CNc1ncnc2c1cnn2C1O[C@H](CO)[C@@H](O)[C@H]1O. The predicted octanol–water partition coefficient (Wildman–Crippen LogP) is -1.52. The number of nitrogens with one attached hydrogen (secondary N) is 1. The van der Waals surface area contributed by atoms with Gasteiger partial charge in [-0.1, -0.05) is 0 Å². The van der Waals surface area contributed by atoms with Gasteiger partial charge >= 0.3 is 0 Å². The normalized spacial score (nSPS) is 30.0. The molecule has 0 radical (unpaired) electrons. The molecule has 0 aliphatic carbocycles. The molecule has 3 rings (SSSR count). The van der Waals surface area contributed by atoms with E-state index in [1.54, 1.807) is 13.2 Å². The molecule has 108 valence electrons. The fraction of sp³-hybridized carbons (Fsp3) is 0.545. The summed E-state index contributed by atoms with van der Waals surface area (Å²) in [7, 11) is 1.73. The van der Waals surface area contributed by atoms with Gasteiger partial charge in [-0.3, -0.25) is 0 Å². The molecule has 1 aliphatic rings. The van der Waals surface area contributed by atoms with Gasteiger partial charge in [0.15, 0.2) is 11.9 Å². The molecule has 0 saturated carbocycles. The number of aliphatic hydroxyl groups is 3. The first-order valence-corrected chi connectivity index (χ1v) is 6.15. The predicted molar refractivity (Wildman–Crippen MR) is 67.9 cm³/mol. The highest BCUT2D eigenvalue weighted by atomic mass is 16.6. The van der Waals surface area contributed by atoms with E-state index in [4.69, 9.17) is 9.84 Å². The van der Waals surface area contributed by atoms with Crippen LogP contribution in [0.25, 0.3) is 11.0 Å². The minimum Gasteiger partial charge on any atom is -0.394 e. The van der Waals surface area contributed by atoms with Gasteiger partial charge in [0, 0.05) is 7.05 Å². The minimum absolute atomic E-state index is 0.384. The Morgan fingerprint density at radius 2 is 2.15 bits per heavy atom. The minimum atomic E-state index is -1.19. The van der Waals surface area contributed by atoms with Crippen molar-refractivity contribution in [2.24, 2.45) is 0 Å². The van der Waals surface area contributed by atoms with Crippen molar-refractivity contribution in [1.29, 1.82) is 0 Å². The van der Waals surface area contributed by atoms with Crippen molar-refractivity contribution in [3.8, 4) is 0 Å². The molecule has 0 amide bonds. The zero-order chi connectivity index (χ0) is 14.3. The molecule has 9 nitrogen and oxygen atoms in total. The highest BCUT2D eigenvalue weighted by Gasteiger charge is 2.44. The summed E-state index contributed by atoms with van der Waals surface area (Å²) in [6.07, 6.45) is -1.19. The number of nitrogens with zero attached hydrogens (tertiary/aromatic N) is 4. The number of hydrogen-bond acceptors (Lipinski definition) is 8. The van der Waals surface area contributed by atoms with Gasteiger partial charge in [0.1, 0.15) is 30.5 Å². The van der Waals surface area contributed by atoms with Crippen molar-refractivity contribution in [3.05, 3.63) is 12.5 Å². The van der Waals surface area contributed by atoms with Crippen LogP contribution in [-0.4, -0.2) is 67.0 Å². The molecule has 4 N–H and O–H groups in total. The second kappa shape index (κ2) is 4.94. The standard InChI is InChI=1S/C11H15N5O4/c1-12-9-5-2-15-16(10(5)14-4-13-9)11-8(19)7(18)6(3-17)20-11/h2,4,6-8,11,17-19H,3H2,1H3,(H,12,13,14)/t6-,7-,8-,11?/m1/s1. The zero-order valence-corrected chi connectivity index (χ0v) is 10.7. The van der Waals surface area contributed by atoms with Gasteiger partial charge in [0.05, 0.1) is 18.2 Å². The van der Waals surface area contributed by atoms with Crippen molar-refractivity contribution >= 4 is 16.9 Å². The van der Waals surface area contributed by atoms with Gasteiger partial charge in [-0.15, -0.1) is 0 Å². The third-order valence-corrected chi connectivity index (χ3v) is 3.39. The maximum atomic E-state index is 10.0. The molecule has 2 aromatic heterocycles. The summed E-state index contributed by atoms with van der Waals surface area (Å²) in [5.74, 6) is 0.605. The summed E-state index contributed by atoms with van der Waals surface area (Å²) in [6.45, 7) is -0.384. The van der Waals surface area contributed by atoms with Crippen LogP contribution in [0, 0.1) is 0 Å². The van der Waals surface area contributed by atoms with Crippen molar-refractivity contribution in [1.82, 2.24) is 19.7 Å². The molecule has 9 heteroatoms. The monoisotopic (exact) mass is 281 g/mol. The molecule has 4 atom stereocenters. The second-order valence-corrected chi connectivity index (χ2v) is 4.53. The van der Waals surface area contributed by atoms with E-state index in [0.29, 0.717) is 16.9 Å². The van der Waals surface area contributed by atoms with E-state index in [0.717, 1.165) is 0 Å². The molecule has 1 aliphatic heterocycles. The summed E-state index contributed by atoms with van der Waals surface area (Å²) in [5.41, 5.74) is 0.471. The first kappa shape index (κ1) is 13.2. The first-order chi connectivity index (χ1) is 9.67. The topological polar surface area (TPSA) is 126 Å². The van der Waals surface area contributed by atoms with Crippen LogP contribution < -0.4 is 5.32 Å².